The Morgan fingerprint density at radius 1 is 1.04 bits per heavy atom. The van der Waals surface area contributed by atoms with E-state index in [4.69, 9.17) is 5.11 Å². The zero-order valence-corrected chi connectivity index (χ0v) is 13.9. The third-order valence-electron chi connectivity index (χ3n) is 3.84. The van der Waals surface area contributed by atoms with Gasteiger partial charge in [-0.15, -0.1) is 0 Å². The Balaban J connectivity index is 2.03. The van der Waals surface area contributed by atoms with Gasteiger partial charge in [0.2, 0.25) is 0 Å². The number of aliphatic hydroxyl groups is 1. The van der Waals surface area contributed by atoms with Gasteiger partial charge in [0.15, 0.2) is 0 Å². The predicted octanol–water partition coefficient (Wildman–Crippen LogP) is 2.75. The molecule has 2 aromatic rings. The van der Waals surface area contributed by atoms with E-state index in [1.165, 1.54) is 0 Å². The maximum Gasteiger partial charge on any atom is 0.255 e. The van der Waals surface area contributed by atoms with Crippen molar-refractivity contribution in [3.8, 4) is 0 Å². The topological polar surface area (TPSA) is 78.4 Å². The van der Waals surface area contributed by atoms with E-state index >= 15 is 0 Å². The van der Waals surface area contributed by atoms with Crippen LogP contribution >= 0.6 is 0 Å². The third-order valence-corrected chi connectivity index (χ3v) is 3.84. The minimum Gasteiger partial charge on any atom is -0.394 e. The Kier molecular flexibility index (Phi) is 6.09. The number of aliphatic hydroxyl groups excluding tert-OH is 1. The minimum atomic E-state index is -0.252. The lowest BCUT2D eigenvalue weighted by Crippen LogP contribution is -2.36. The number of carbonyl (C=O) groups is 2. The second kappa shape index (κ2) is 8.26. The van der Waals surface area contributed by atoms with Crippen LogP contribution in [0, 0.1) is 6.92 Å². The SMILES string of the molecule is CCC(CO)NC(=O)c1ccc(NC(=O)c2ccccc2C)cc1. The summed E-state index contributed by atoms with van der Waals surface area (Å²) in [5.74, 6) is -0.427. The van der Waals surface area contributed by atoms with Crippen LogP contribution in [-0.2, 0) is 0 Å². The average molecular weight is 326 g/mol. The van der Waals surface area contributed by atoms with Gasteiger partial charge in [0.05, 0.1) is 12.6 Å². The highest BCUT2D eigenvalue weighted by Crippen LogP contribution is 2.13. The first-order chi connectivity index (χ1) is 11.5. The molecular formula is C19H22N2O3. The summed E-state index contributed by atoms with van der Waals surface area (Å²) in [5.41, 5.74) is 2.62. The summed E-state index contributed by atoms with van der Waals surface area (Å²) >= 11 is 0. The Morgan fingerprint density at radius 3 is 2.29 bits per heavy atom. The summed E-state index contributed by atoms with van der Waals surface area (Å²) in [6, 6.07) is 13.8. The molecule has 0 fully saturated rings. The van der Waals surface area contributed by atoms with E-state index in [-0.39, 0.29) is 24.5 Å². The van der Waals surface area contributed by atoms with Gasteiger partial charge in [-0.05, 0) is 49.2 Å². The van der Waals surface area contributed by atoms with Gasteiger partial charge < -0.3 is 15.7 Å². The van der Waals surface area contributed by atoms with Crippen LogP contribution in [0.15, 0.2) is 48.5 Å². The van der Waals surface area contributed by atoms with Crippen LogP contribution in [0.3, 0.4) is 0 Å². The minimum absolute atomic E-state index is 0.0905. The molecule has 2 aromatic carbocycles. The Labute approximate surface area is 141 Å². The maximum absolute atomic E-state index is 12.3. The summed E-state index contributed by atoms with van der Waals surface area (Å²) in [5, 5.41) is 14.7. The summed E-state index contributed by atoms with van der Waals surface area (Å²) in [4.78, 5) is 24.3. The molecule has 126 valence electrons. The lowest BCUT2D eigenvalue weighted by molar-refractivity contribution is 0.0914. The molecule has 24 heavy (non-hydrogen) atoms. The summed E-state index contributed by atoms with van der Waals surface area (Å²) in [6.07, 6.45) is 0.660. The molecule has 1 atom stereocenters. The zero-order chi connectivity index (χ0) is 17.5. The molecule has 5 nitrogen and oxygen atoms in total. The van der Waals surface area contributed by atoms with Crippen molar-refractivity contribution in [3.63, 3.8) is 0 Å². The first kappa shape index (κ1) is 17.7. The van der Waals surface area contributed by atoms with Crippen molar-refractivity contribution < 1.29 is 14.7 Å². The van der Waals surface area contributed by atoms with Gasteiger partial charge in [0.25, 0.3) is 11.8 Å². The fourth-order valence-corrected chi connectivity index (χ4v) is 2.28. The second-order valence-electron chi connectivity index (χ2n) is 5.61. The Morgan fingerprint density at radius 2 is 1.71 bits per heavy atom. The van der Waals surface area contributed by atoms with Crippen molar-refractivity contribution in [2.24, 2.45) is 0 Å². The van der Waals surface area contributed by atoms with E-state index < -0.39 is 0 Å². The molecule has 2 rings (SSSR count). The van der Waals surface area contributed by atoms with Gasteiger partial charge in [-0.25, -0.2) is 0 Å². The van der Waals surface area contributed by atoms with Crippen LogP contribution in [0.25, 0.3) is 0 Å². The zero-order valence-electron chi connectivity index (χ0n) is 13.9. The molecule has 0 spiro atoms. The lowest BCUT2D eigenvalue weighted by atomic mass is 10.1. The normalized spacial score (nSPS) is 11.6. The molecule has 0 radical (unpaired) electrons. The largest absolute Gasteiger partial charge is 0.394 e. The van der Waals surface area contributed by atoms with Gasteiger partial charge in [-0.3, -0.25) is 9.59 Å². The van der Waals surface area contributed by atoms with Gasteiger partial charge in [0.1, 0.15) is 0 Å². The van der Waals surface area contributed by atoms with Crippen LogP contribution in [-0.4, -0.2) is 29.6 Å². The highest BCUT2D eigenvalue weighted by molar-refractivity contribution is 6.05. The molecule has 0 aliphatic carbocycles. The molecule has 0 aliphatic rings. The van der Waals surface area contributed by atoms with Gasteiger partial charge in [-0.2, -0.15) is 0 Å². The second-order valence-corrected chi connectivity index (χ2v) is 5.61. The van der Waals surface area contributed by atoms with Crippen molar-refractivity contribution >= 4 is 17.5 Å². The molecule has 0 saturated heterocycles. The number of benzene rings is 2. The number of rotatable bonds is 6. The van der Waals surface area contributed by atoms with Crippen molar-refractivity contribution in [1.82, 2.24) is 5.32 Å². The molecule has 0 aromatic heterocycles. The van der Waals surface area contributed by atoms with E-state index in [0.29, 0.717) is 23.2 Å². The summed E-state index contributed by atoms with van der Waals surface area (Å²) in [6.45, 7) is 3.69. The van der Waals surface area contributed by atoms with E-state index in [1.54, 1.807) is 30.3 Å². The van der Waals surface area contributed by atoms with Crippen molar-refractivity contribution in [1.29, 1.82) is 0 Å². The lowest BCUT2D eigenvalue weighted by Gasteiger charge is -2.14. The number of carbonyl (C=O) groups excluding carboxylic acids is 2. The van der Waals surface area contributed by atoms with Crippen LogP contribution < -0.4 is 10.6 Å². The standard InChI is InChI=1S/C19H22N2O3/c1-3-15(12-22)20-18(23)14-8-10-16(11-9-14)21-19(24)17-7-5-4-6-13(17)2/h4-11,15,22H,3,12H2,1-2H3,(H,20,23)(H,21,24). The fourth-order valence-electron chi connectivity index (χ4n) is 2.28. The van der Waals surface area contributed by atoms with Crippen LogP contribution in [0.2, 0.25) is 0 Å². The molecular weight excluding hydrogens is 304 g/mol. The number of nitrogens with one attached hydrogen (secondary N) is 2. The number of hydrogen-bond donors (Lipinski definition) is 3. The van der Waals surface area contributed by atoms with Crippen LogP contribution in [0.5, 0.6) is 0 Å². The van der Waals surface area contributed by atoms with Gasteiger partial charge in [0, 0.05) is 16.8 Å². The molecule has 0 heterocycles. The summed E-state index contributed by atoms with van der Waals surface area (Å²) in [7, 11) is 0. The Bertz CT molecular complexity index is 707. The van der Waals surface area contributed by atoms with E-state index in [1.807, 2.05) is 32.0 Å². The predicted molar refractivity (Wildman–Crippen MR) is 94.2 cm³/mol. The maximum atomic E-state index is 12.3. The van der Waals surface area contributed by atoms with Crippen LogP contribution in [0.4, 0.5) is 5.69 Å². The van der Waals surface area contributed by atoms with E-state index in [9.17, 15) is 9.59 Å². The first-order valence-electron chi connectivity index (χ1n) is 7.94. The first-order valence-corrected chi connectivity index (χ1v) is 7.94. The number of amides is 2. The number of aryl methyl sites for hydroxylation is 1. The molecule has 1 unspecified atom stereocenters. The molecule has 2 amide bonds. The smallest absolute Gasteiger partial charge is 0.255 e. The fraction of sp³-hybridized carbons (Fsp3) is 0.263. The van der Waals surface area contributed by atoms with Crippen molar-refractivity contribution in [3.05, 3.63) is 65.2 Å². The van der Waals surface area contributed by atoms with E-state index in [0.717, 1.165) is 5.56 Å². The number of anilines is 1. The molecule has 0 aliphatic heterocycles. The van der Waals surface area contributed by atoms with E-state index in [2.05, 4.69) is 10.6 Å². The van der Waals surface area contributed by atoms with Crippen LogP contribution in [0.1, 0.15) is 39.6 Å². The molecule has 5 heteroatoms. The monoisotopic (exact) mass is 326 g/mol. The van der Waals surface area contributed by atoms with Gasteiger partial charge >= 0.3 is 0 Å². The van der Waals surface area contributed by atoms with Gasteiger partial charge in [-0.1, -0.05) is 25.1 Å². The molecule has 3 N–H and O–H groups in total. The molecule has 0 saturated carbocycles. The van der Waals surface area contributed by atoms with Crippen molar-refractivity contribution in [2.45, 2.75) is 26.3 Å². The van der Waals surface area contributed by atoms with Crippen molar-refractivity contribution in [2.75, 3.05) is 11.9 Å². The Hall–Kier alpha value is -2.66. The average Bonchev–Trinajstić information content (AvgIpc) is 2.60. The molecule has 0 bridgehead atoms. The summed E-state index contributed by atoms with van der Waals surface area (Å²) < 4.78 is 0. The highest BCUT2D eigenvalue weighted by atomic mass is 16.3. The highest BCUT2D eigenvalue weighted by Gasteiger charge is 2.12. The number of hydrogen-bond acceptors (Lipinski definition) is 3. The quantitative estimate of drug-likeness (QED) is 0.764. The third kappa shape index (κ3) is 4.43.